The lowest BCUT2D eigenvalue weighted by Crippen LogP contribution is -3.07. The number of carbonyl (C=O) groups is 2. The summed E-state index contributed by atoms with van der Waals surface area (Å²) >= 11 is 0. The second-order valence-corrected chi connectivity index (χ2v) is 12.8. The number of allylic oxidation sites excluding steroid dienone is 1. The number of aliphatic hydroxyl groups excluding tert-OH is 2. The van der Waals surface area contributed by atoms with Crippen molar-refractivity contribution in [2.75, 3.05) is 13.2 Å². The number of hydrogen-bond acceptors (Lipinski definition) is 13. The van der Waals surface area contributed by atoms with Gasteiger partial charge in [0.2, 0.25) is 12.4 Å². The number of aliphatic imine (C=N–C) groups is 1. The van der Waals surface area contributed by atoms with Gasteiger partial charge in [-0.1, -0.05) is 26.0 Å². The van der Waals surface area contributed by atoms with Crippen LogP contribution in [-0.4, -0.2) is 93.1 Å². The molecule has 6 N–H and O–H groups in total. The monoisotopic (exact) mass is 693 g/mol. The van der Waals surface area contributed by atoms with Crippen molar-refractivity contribution in [3.63, 3.8) is 0 Å². The number of nitrogens with one attached hydrogen (secondary N) is 1. The van der Waals surface area contributed by atoms with E-state index < -0.39 is 61.3 Å². The number of carboxylic acids is 1. The molecular weight excluding hydrogens is 656 g/mol. The van der Waals surface area contributed by atoms with Gasteiger partial charge in [-0.2, -0.15) is 9.90 Å². The molecule has 15 nitrogen and oxygen atoms in total. The molecule has 3 aliphatic rings. The van der Waals surface area contributed by atoms with Crippen LogP contribution in [0.15, 0.2) is 86.5 Å². The van der Waals surface area contributed by atoms with Crippen molar-refractivity contribution in [1.29, 1.82) is 0 Å². The van der Waals surface area contributed by atoms with E-state index in [1.165, 1.54) is 36.6 Å². The number of hydroxylamine groups is 2. The SMILES string of the molecule is CC(C)CC(O)C1(O)C(O)C(COC(=O)CC(=O)O)OC(Oc2ccc3c(=O)c(-c4ccc(O)cc4)coc3c2)C1O[NH+]1C=C2N=CC=C2C1. The van der Waals surface area contributed by atoms with Gasteiger partial charge in [-0.15, -0.1) is 0 Å². The summed E-state index contributed by atoms with van der Waals surface area (Å²) in [5.41, 5.74) is -0.358. The van der Waals surface area contributed by atoms with Gasteiger partial charge >= 0.3 is 11.9 Å². The molecule has 0 aliphatic carbocycles. The maximum absolute atomic E-state index is 13.4. The zero-order chi connectivity index (χ0) is 35.7. The Bertz CT molecular complexity index is 1920. The van der Waals surface area contributed by atoms with Gasteiger partial charge in [0.05, 0.1) is 17.1 Å². The van der Waals surface area contributed by atoms with E-state index in [2.05, 4.69) is 4.99 Å². The minimum Gasteiger partial charge on any atom is -0.508 e. The molecule has 0 bridgehead atoms. The minimum absolute atomic E-state index is 0.0159. The molecule has 3 aliphatic heterocycles. The van der Waals surface area contributed by atoms with Crippen molar-refractivity contribution in [3.05, 3.63) is 82.5 Å². The molecule has 15 heteroatoms. The van der Waals surface area contributed by atoms with Crippen LogP contribution in [0.5, 0.6) is 11.5 Å². The molecule has 0 amide bonds. The predicted molar refractivity (Wildman–Crippen MR) is 174 cm³/mol. The fraction of sp³-hybridized carbons (Fsp3) is 0.371. The number of carbonyl (C=O) groups excluding carboxylic acids is 1. The van der Waals surface area contributed by atoms with E-state index in [0.717, 1.165) is 5.57 Å². The Kier molecular flexibility index (Phi) is 9.89. The fourth-order valence-electron chi connectivity index (χ4n) is 6.19. The first-order valence-corrected chi connectivity index (χ1v) is 15.9. The first kappa shape index (κ1) is 34.9. The lowest BCUT2D eigenvalue weighted by Gasteiger charge is -2.50. The lowest BCUT2D eigenvalue weighted by atomic mass is 9.77. The van der Waals surface area contributed by atoms with E-state index in [1.807, 2.05) is 13.8 Å². The van der Waals surface area contributed by atoms with Crippen LogP contribution in [0, 0.1) is 5.92 Å². The largest absolute Gasteiger partial charge is 0.508 e. The summed E-state index contributed by atoms with van der Waals surface area (Å²) in [6, 6.07) is 10.4. The normalized spacial score (nSPS) is 26.4. The highest BCUT2D eigenvalue weighted by molar-refractivity contribution is 5.90. The van der Waals surface area contributed by atoms with Gasteiger partial charge in [-0.25, -0.2) is 0 Å². The number of esters is 1. The predicted octanol–water partition coefficient (Wildman–Crippen LogP) is 0.837. The third-order valence-electron chi connectivity index (χ3n) is 8.71. The third kappa shape index (κ3) is 7.05. The number of rotatable bonds is 12. The molecule has 4 heterocycles. The van der Waals surface area contributed by atoms with E-state index in [4.69, 9.17) is 28.6 Å². The molecule has 0 saturated carbocycles. The summed E-state index contributed by atoms with van der Waals surface area (Å²) in [5.74, 6) is -2.55. The van der Waals surface area contributed by atoms with Crippen LogP contribution in [0.25, 0.3) is 22.1 Å². The number of fused-ring (bicyclic) bond motifs is 2. The Morgan fingerprint density at radius 2 is 1.92 bits per heavy atom. The Morgan fingerprint density at radius 1 is 1.16 bits per heavy atom. The summed E-state index contributed by atoms with van der Waals surface area (Å²) < 4.78 is 23.1. The van der Waals surface area contributed by atoms with Gasteiger partial charge in [0, 0.05) is 17.9 Å². The van der Waals surface area contributed by atoms with Crippen LogP contribution in [0.3, 0.4) is 0 Å². The summed E-state index contributed by atoms with van der Waals surface area (Å²) in [6.07, 6.45) is -2.71. The number of benzene rings is 2. The number of quaternary nitrogens is 1. The third-order valence-corrected chi connectivity index (χ3v) is 8.71. The van der Waals surface area contributed by atoms with Crippen LogP contribution < -0.4 is 15.2 Å². The van der Waals surface area contributed by atoms with Gasteiger partial charge in [0.25, 0.3) is 0 Å². The summed E-state index contributed by atoms with van der Waals surface area (Å²) in [6.45, 7) is 3.23. The second-order valence-electron chi connectivity index (χ2n) is 12.8. The quantitative estimate of drug-likeness (QED) is 0.115. The number of carboxylic acid groups (broad SMARTS) is 1. The molecule has 264 valence electrons. The van der Waals surface area contributed by atoms with E-state index in [0.29, 0.717) is 22.9 Å². The number of phenolic OH excluding ortho intramolecular Hbond substituents is 1. The number of aliphatic hydroxyl groups is 3. The topological polar surface area (TPSA) is 219 Å². The number of aliphatic carboxylic acids is 1. The average Bonchev–Trinajstić information content (AvgIpc) is 3.66. The molecule has 6 rings (SSSR count). The zero-order valence-electron chi connectivity index (χ0n) is 27.1. The Morgan fingerprint density at radius 3 is 2.62 bits per heavy atom. The lowest BCUT2D eigenvalue weighted by molar-refractivity contribution is -1.05. The molecule has 1 aromatic heterocycles. The zero-order valence-corrected chi connectivity index (χ0v) is 27.1. The molecule has 7 unspecified atom stereocenters. The molecule has 3 aromatic rings. The van der Waals surface area contributed by atoms with Crippen molar-refractivity contribution >= 4 is 29.1 Å². The summed E-state index contributed by atoms with van der Waals surface area (Å²) in [4.78, 5) is 47.1. The number of aromatic hydroxyl groups is 1. The maximum Gasteiger partial charge on any atom is 0.317 e. The van der Waals surface area contributed by atoms with Gasteiger partial charge in [-0.3, -0.25) is 19.4 Å². The maximum atomic E-state index is 13.4. The van der Waals surface area contributed by atoms with Gasteiger partial charge in [-0.05, 0) is 48.2 Å². The van der Waals surface area contributed by atoms with Gasteiger partial charge in [0.15, 0.2) is 17.2 Å². The van der Waals surface area contributed by atoms with Crippen molar-refractivity contribution in [1.82, 2.24) is 0 Å². The molecule has 1 fully saturated rings. The molecule has 0 radical (unpaired) electrons. The van der Waals surface area contributed by atoms with Crippen molar-refractivity contribution < 1.29 is 63.7 Å². The van der Waals surface area contributed by atoms with Crippen molar-refractivity contribution in [2.45, 2.75) is 63.0 Å². The Balaban J connectivity index is 1.35. The molecule has 0 spiro atoms. The van der Waals surface area contributed by atoms with Crippen LogP contribution in [0.4, 0.5) is 0 Å². The van der Waals surface area contributed by atoms with E-state index in [-0.39, 0.29) is 45.8 Å². The van der Waals surface area contributed by atoms with E-state index >= 15 is 0 Å². The van der Waals surface area contributed by atoms with Crippen LogP contribution in [0.1, 0.15) is 26.7 Å². The van der Waals surface area contributed by atoms with Gasteiger partial charge < -0.3 is 44.2 Å². The highest BCUT2D eigenvalue weighted by atomic mass is 16.8. The molecule has 7 atom stereocenters. The average molecular weight is 694 g/mol. The Hall–Kier alpha value is -4.90. The van der Waals surface area contributed by atoms with E-state index in [1.54, 1.807) is 30.6 Å². The minimum atomic E-state index is -2.47. The summed E-state index contributed by atoms with van der Waals surface area (Å²) in [5, 5.41) is 54.5. The number of phenols is 1. The molecule has 1 saturated heterocycles. The van der Waals surface area contributed by atoms with Crippen LogP contribution >= 0.6 is 0 Å². The fourth-order valence-corrected chi connectivity index (χ4v) is 6.19. The first-order chi connectivity index (χ1) is 23.8. The first-order valence-electron chi connectivity index (χ1n) is 15.9. The van der Waals surface area contributed by atoms with Crippen LogP contribution in [0.2, 0.25) is 0 Å². The number of nitrogens with zero attached hydrogens (tertiary/aromatic N) is 1. The van der Waals surface area contributed by atoms with Crippen molar-refractivity contribution in [2.24, 2.45) is 10.9 Å². The van der Waals surface area contributed by atoms with Crippen molar-refractivity contribution in [3.8, 4) is 22.6 Å². The molecular formula is C35H37N2O13+. The smallest absolute Gasteiger partial charge is 0.317 e. The Labute approximate surface area is 284 Å². The van der Waals surface area contributed by atoms with E-state index in [9.17, 15) is 34.8 Å². The highest BCUT2D eigenvalue weighted by Gasteiger charge is 2.63. The highest BCUT2D eigenvalue weighted by Crippen LogP contribution is 2.38. The number of hydrogen-bond donors (Lipinski definition) is 6. The van der Waals surface area contributed by atoms with Gasteiger partial charge in [0.1, 0.15) is 60.8 Å². The standard InChI is InChI=1S/C35H36N2O13/c1-18(2)11-28(39)35(45)32(44)27(17-47-30(42)13-29(40)41)49-34(33(35)50-37-14-20-9-10-36-25(20)15-37)48-22-7-8-23-26(12-22)46-16-24(31(23)43)19-3-5-21(38)6-4-19/h3-10,12,15-16,18,27-28,32-34,38-39,44-45H,11,13-14,17H2,1-2H3,(H,40,41)/p+1. The summed E-state index contributed by atoms with van der Waals surface area (Å²) in [7, 11) is 0. The van der Waals surface area contributed by atoms with Crippen LogP contribution in [-0.2, 0) is 23.9 Å². The second kappa shape index (κ2) is 14.1. The molecule has 2 aromatic carbocycles. The number of ether oxygens (including phenoxy) is 3. The molecule has 50 heavy (non-hydrogen) atoms.